The molecule has 4 rings (SSSR count). The van der Waals surface area contributed by atoms with Crippen molar-refractivity contribution in [3.8, 4) is 0 Å². The maximum atomic E-state index is 13.7. The summed E-state index contributed by atoms with van der Waals surface area (Å²) in [5.74, 6) is 1.27. The van der Waals surface area contributed by atoms with Gasteiger partial charge in [-0.25, -0.2) is 13.4 Å². The summed E-state index contributed by atoms with van der Waals surface area (Å²) in [4.78, 5) is 4.33. The van der Waals surface area contributed by atoms with E-state index in [0.29, 0.717) is 31.0 Å². The first kappa shape index (κ1) is 19.2. The zero-order valence-corrected chi connectivity index (χ0v) is 18.1. The summed E-state index contributed by atoms with van der Waals surface area (Å²) in [6, 6.07) is 5.69. The summed E-state index contributed by atoms with van der Waals surface area (Å²) < 4.78 is 34.5. The minimum absolute atomic E-state index is 0.326. The fourth-order valence-electron chi connectivity index (χ4n) is 3.53. The highest BCUT2D eigenvalue weighted by Gasteiger charge is 2.42. The first-order valence-electron chi connectivity index (χ1n) is 9.10. The van der Waals surface area contributed by atoms with Gasteiger partial charge in [-0.05, 0) is 50.5 Å². The summed E-state index contributed by atoms with van der Waals surface area (Å²) >= 11 is 3.48. The van der Waals surface area contributed by atoms with Crippen molar-refractivity contribution >= 4 is 43.3 Å². The molecule has 0 spiro atoms. The molecule has 28 heavy (non-hydrogen) atoms. The third-order valence-electron chi connectivity index (χ3n) is 5.17. The first-order valence-corrected chi connectivity index (χ1v) is 11.3. The molecule has 1 aliphatic carbocycles. The van der Waals surface area contributed by atoms with Crippen LogP contribution in [0.2, 0.25) is 0 Å². The molecule has 1 aromatic carbocycles. The first-order chi connectivity index (χ1) is 13.3. The van der Waals surface area contributed by atoms with E-state index in [9.17, 15) is 8.42 Å². The van der Waals surface area contributed by atoms with Gasteiger partial charge >= 0.3 is 0 Å². The number of halogens is 1. The van der Waals surface area contributed by atoms with Crippen LogP contribution in [-0.4, -0.2) is 24.7 Å². The van der Waals surface area contributed by atoms with E-state index >= 15 is 0 Å². The number of hydrogen-bond acceptors (Lipinski definition) is 4. The molecule has 0 radical (unpaired) electrons. The maximum Gasteiger partial charge on any atom is 0.244 e. The lowest BCUT2D eigenvalue weighted by atomic mass is 10.0. The number of rotatable bonds is 3. The number of oxazole rings is 1. The molecule has 146 valence electrons. The Kier molecular flexibility index (Phi) is 4.83. The van der Waals surface area contributed by atoms with Crippen LogP contribution in [0.15, 0.2) is 57.6 Å². The fourth-order valence-corrected chi connectivity index (χ4v) is 5.69. The molecule has 5 nitrogen and oxygen atoms in total. The third kappa shape index (κ3) is 3.26. The number of nitrogens with zero attached hydrogens (tertiary/aromatic N) is 2. The lowest BCUT2D eigenvalue weighted by Gasteiger charge is -2.35. The number of hydrogen-bond donors (Lipinski definition) is 0. The summed E-state index contributed by atoms with van der Waals surface area (Å²) in [5.41, 5.74) is 2.38. The van der Waals surface area contributed by atoms with Crippen molar-refractivity contribution in [1.82, 2.24) is 4.98 Å². The number of fused-ring (bicyclic) bond motifs is 1. The van der Waals surface area contributed by atoms with Crippen molar-refractivity contribution < 1.29 is 12.8 Å². The quantitative estimate of drug-likeness (QED) is 0.638. The van der Waals surface area contributed by atoms with Crippen LogP contribution in [0.1, 0.15) is 37.0 Å². The van der Waals surface area contributed by atoms with Gasteiger partial charge in [-0.2, -0.15) is 0 Å². The van der Waals surface area contributed by atoms with Gasteiger partial charge in [0.25, 0.3) is 0 Å². The molecule has 0 N–H and O–H groups in total. The third-order valence-corrected chi connectivity index (χ3v) is 8.10. The highest BCUT2D eigenvalue weighted by molar-refractivity contribution is 9.10. The SMILES string of the molecule is Cc1cnc(C2=Cc3ccc(Br)cc3N(S(=O)(=O)C3(C)C=CC=CC3)CC2)o1. The van der Waals surface area contributed by atoms with E-state index in [2.05, 4.69) is 20.9 Å². The van der Waals surface area contributed by atoms with Crippen LogP contribution in [0.4, 0.5) is 5.69 Å². The second kappa shape index (κ2) is 7.04. The largest absolute Gasteiger partial charge is 0.442 e. The average molecular weight is 461 g/mol. The maximum absolute atomic E-state index is 13.7. The minimum Gasteiger partial charge on any atom is -0.442 e. The second-order valence-electron chi connectivity index (χ2n) is 7.28. The molecule has 0 bridgehead atoms. The van der Waals surface area contributed by atoms with E-state index in [0.717, 1.165) is 21.4 Å². The van der Waals surface area contributed by atoms with Crippen LogP contribution in [0.25, 0.3) is 11.6 Å². The van der Waals surface area contributed by atoms with Gasteiger partial charge in [0, 0.05) is 16.6 Å². The molecule has 1 atom stereocenters. The van der Waals surface area contributed by atoms with E-state index in [-0.39, 0.29) is 0 Å². The Morgan fingerprint density at radius 1 is 1.29 bits per heavy atom. The van der Waals surface area contributed by atoms with E-state index in [1.807, 2.05) is 43.4 Å². The van der Waals surface area contributed by atoms with Crippen molar-refractivity contribution in [2.75, 3.05) is 10.8 Å². The molecule has 7 heteroatoms. The van der Waals surface area contributed by atoms with Crippen LogP contribution >= 0.6 is 15.9 Å². The molecule has 0 saturated heterocycles. The van der Waals surface area contributed by atoms with E-state index in [1.54, 1.807) is 25.3 Å². The normalized spacial score (nSPS) is 22.0. The molecule has 1 aromatic heterocycles. The zero-order chi connectivity index (χ0) is 19.9. The van der Waals surface area contributed by atoms with Gasteiger partial charge in [0.1, 0.15) is 10.5 Å². The Morgan fingerprint density at radius 2 is 2.11 bits per heavy atom. The predicted octanol–water partition coefficient (Wildman–Crippen LogP) is 5.10. The molecule has 0 fully saturated rings. The van der Waals surface area contributed by atoms with Crippen LogP contribution in [0.3, 0.4) is 0 Å². The van der Waals surface area contributed by atoms with Crippen molar-refractivity contribution in [1.29, 1.82) is 0 Å². The summed E-state index contributed by atoms with van der Waals surface area (Å²) in [6.45, 7) is 3.95. The number of aryl methyl sites for hydroxylation is 1. The van der Waals surface area contributed by atoms with Gasteiger partial charge in [0.15, 0.2) is 0 Å². The highest BCUT2D eigenvalue weighted by atomic mass is 79.9. The molecule has 0 saturated carbocycles. The molecule has 2 aromatic rings. The Morgan fingerprint density at radius 3 is 2.79 bits per heavy atom. The number of allylic oxidation sites excluding steroid dienone is 3. The number of aromatic nitrogens is 1. The molecule has 1 unspecified atom stereocenters. The summed E-state index contributed by atoms with van der Waals surface area (Å²) in [5, 5.41) is 0. The van der Waals surface area contributed by atoms with Gasteiger partial charge in [-0.3, -0.25) is 4.31 Å². The topological polar surface area (TPSA) is 63.4 Å². The van der Waals surface area contributed by atoms with E-state index in [1.165, 1.54) is 4.31 Å². The van der Waals surface area contributed by atoms with Gasteiger partial charge in [0.2, 0.25) is 15.9 Å². The van der Waals surface area contributed by atoms with Gasteiger partial charge in [-0.15, -0.1) is 0 Å². The van der Waals surface area contributed by atoms with Crippen molar-refractivity contribution in [3.63, 3.8) is 0 Å². The van der Waals surface area contributed by atoms with Gasteiger partial charge < -0.3 is 4.42 Å². The van der Waals surface area contributed by atoms with Crippen molar-refractivity contribution in [2.45, 2.75) is 31.4 Å². The van der Waals surface area contributed by atoms with E-state index in [4.69, 9.17) is 4.42 Å². The standard InChI is InChI=1S/C21H21BrN2O3S/c1-15-14-23-20(27-15)17-8-11-24(19-13-18(22)7-6-16(19)12-17)28(25,26)21(2)9-4-3-5-10-21/h3-7,9,12-14H,8,10-11H2,1-2H3. The number of anilines is 1. The predicted molar refractivity (Wildman–Crippen MR) is 115 cm³/mol. The van der Waals surface area contributed by atoms with Crippen LogP contribution in [0.5, 0.6) is 0 Å². The Bertz CT molecular complexity index is 1110. The lowest BCUT2D eigenvalue weighted by Crippen LogP contribution is -2.46. The van der Waals surface area contributed by atoms with Crippen LogP contribution in [0, 0.1) is 6.92 Å². The Balaban J connectivity index is 1.81. The molecular formula is C21H21BrN2O3S. The number of benzene rings is 1. The Hall–Kier alpha value is -2.12. The fraction of sp³-hybridized carbons (Fsp3) is 0.286. The summed E-state index contributed by atoms with van der Waals surface area (Å²) in [6.07, 6.45) is 12.0. The second-order valence-corrected chi connectivity index (χ2v) is 10.5. The highest BCUT2D eigenvalue weighted by Crippen LogP contribution is 2.39. The van der Waals surface area contributed by atoms with Crippen LogP contribution in [-0.2, 0) is 10.0 Å². The Labute approximate surface area is 173 Å². The molecule has 2 heterocycles. The lowest BCUT2D eigenvalue weighted by molar-refractivity contribution is 0.510. The van der Waals surface area contributed by atoms with E-state index < -0.39 is 14.8 Å². The molecular weight excluding hydrogens is 440 g/mol. The molecule has 0 amide bonds. The van der Waals surface area contributed by atoms with Gasteiger partial charge in [-0.1, -0.05) is 46.3 Å². The zero-order valence-electron chi connectivity index (χ0n) is 15.7. The molecule has 1 aliphatic heterocycles. The minimum atomic E-state index is -3.65. The molecule has 2 aliphatic rings. The summed E-state index contributed by atoms with van der Waals surface area (Å²) in [7, 11) is -3.65. The average Bonchev–Trinajstić information content (AvgIpc) is 2.99. The van der Waals surface area contributed by atoms with Gasteiger partial charge in [0.05, 0.1) is 11.9 Å². The monoisotopic (exact) mass is 460 g/mol. The van der Waals surface area contributed by atoms with Crippen molar-refractivity contribution in [2.24, 2.45) is 0 Å². The number of sulfonamides is 1. The van der Waals surface area contributed by atoms with Crippen molar-refractivity contribution in [3.05, 3.63) is 70.4 Å². The smallest absolute Gasteiger partial charge is 0.244 e. The van der Waals surface area contributed by atoms with Crippen LogP contribution < -0.4 is 4.31 Å².